The standard InChI is InChI=1S/C27H37N5O3/c1-2-18-13-19-5-4-10-27(14-18,15-19)16-24(33)30-23-7-3-6-22-29-21(17-32(22)23)26(35)31-11-8-20(9-12-31)25(28)34/h3,6-7,17-20H,2,4-5,8-16H2,1H3,(H2,28,34)(H,30,33). The predicted octanol–water partition coefficient (Wildman–Crippen LogP) is 4.00. The molecule has 0 spiro atoms. The largest absolute Gasteiger partial charge is 0.369 e. The number of pyridine rings is 1. The van der Waals surface area contributed by atoms with E-state index in [4.69, 9.17) is 5.73 Å². The maximum absolute atomic E-state index is 13.2. The SMILES string of the molecule is CCC1CC2CCCC(CC(=O)Nc3cccc4nc(C(=O)N5CCC(C(N)=O)CC5)cn34)(C1)C2. The minimum atomic E-state index is -0.299. The highest BCUT2D eigenvalue weighted by atomic mass is 16.2. The van der Waals surface area contributed by atoms with Crippen molar-refractivity contribution in [1.82, 2.24) is 14.3 Å². The van der Waals surface area contributed by atoms with E-state index in [-0.39, 0.29) is 29.1 Å². The Labute approximate surface area is 206 Å². The van der Waals surface area contributed by atoms with E-state index in [1.165, 1.54) is 32.1 Å². The van der Waals surface area contributed by atoms with E-state index >= 15 is 0 Å². The summed E-state index contributed by atoms with van der Waals surface area (Å²) in [5.74, 6) is 1.57. The molecule has 188 valence electrons. The van der Waals surface area contributed by atoms with Crippen molar-refractivity contribution < 1.29 is 14.4 Å². The molecule has 3 amide bonds. The van der Waals surface area contributed by atoms with Crippen LogP contribution in [0.4, 0.5) is 5.82 Å². The van der Waals surface area contributed by atoms with Crippen LogP contribution in [0.3, 0.4) is 0 Å². The fourth-order valence-electron chi connectivity index (χ4n) is 6.95. The van der Waals surface area contributed by atoms with E-state index in [2.05, 4.69) is 17.2 Å². The van der Waals surface area contributed by atoms with Crippen molar-refractivity contribution in [3.05, 3.63) is 30.1 Å². The van der Waals surface area contributed by atoms with Crippen LogP contribution in [-0.2, 0) is 9.59 Å². The summed E-state index contributed by atoms with van der Waals surface area (Å²) in [5, 5.41) is 3.12. The van der Waals surface area contributed by atoms with Gasteiger partial charge in [0.2, 0.25) is 11.8 Å². The zero-order valence-electron chi connectivity index (χ0n) is 20.7. The Hall–Kier alpha value is -2.90. The highest BCUT2D eigenvalue weighted by Gasteiger charge is 2.43. The molecule has 1 saturated heterocycles. The lowest BCUT2D eigenvalue weighted by molar-refractivity contribution is -0.123. The van der Waals surface area contributed by atoms with Crippen LogP contribution in [0.15, 0.2) is 24.4 Å². The number of hydrogen-bond donors (Lipinski definition) is 2. The molecule has 2 saturated carbocycles. The summed E-state index contributed by atoms with van der Waals surface area (Å²) >= 11 is 0. The van der Waals surface area contributed by atoms with Crippen molar-refractivity contribution in [2.45, 2.75) is 71.1 Å². The minimum Gasteiger partial charge on any atom is -0.369 e. The molecule has 2 aromatic heterocycles. The molecule has 8 nitrogen and oxygen atoms in total. The normalized spacial score (nSPS) is 27.1. The number of carbonyl (C=O) groups excluding carboxylic acids is 3. The van der Waals surface area contributed by atoms with Gasteiger partial charge in [-0.1, -0.05) is 32.3 Å². The number of imidazole rings is 1. The fourth-order valence-corrected chi connectivity index (χ4v) is 6.95. The van der Waals surface area contributed by atoms with Crippen LogP contribution in [0.1, 0.15) is 81.6 Å². The number of hydrogen-bond acceptors (Lipinski definition) is 4. The lowest BCUT2D eigenvalue weighted by Crippen LogP contribution is -2.41. The van der Waals surface area contributed by atoms with E-state index in [1.807, 2.05) is 18.2 Å². The quantitative estimate of drug-likeness (QED) is 0.652. The van der Waals surface area contributed by atoms with Crippen LogP contribution < -0.4 is 11.1 Å². The summed E-state index contributed by atoms with van der Waals surface area (Å²) in [5.41, 5.74) is 6.51. The number of nitrogens with one attached hydrogen (secondary N) is 1. The van der Waals surface area contributed by atoms with E-state index in [0.29, 0.717) is 49.5 Å². The number of piperidine rings is 1. The molecule has 5 rings (SSSR count). The van der Waals surface area contributed by atoms with Crippen LogP contribution >= 0.6 is 0 Å². The van der Waals surface area contributed by atoms with Gasteiger partial charge in [-0.2, -0.15) is 0 Å². The van der Waals surface area contributed by atoms with Crippen LogP contribution in [0, 0.1) is 23.2 Å². The minimum absolute atomic E-state index is 0.0463. The molecule has 3 atom stereocenters. The second-order valence-electron chi connectivity index (χ2n) is 11.1. The summed E-state index contributed by atoms with van der Waals surface area (Å²) in [6, 6.07) is 5.55. The average Bonchev–Trinajstić information content (AvgIpc) is 3.28. The van der Waals surface area contributed by atoms with Gasteiger partial charge in [-0.15, -0.1) is 0 Å². The van der Waals surface area contributed by atoms with Gasteiger partial charge in [0.05, 0.1) is 0 Å². The number of rotatable bonds is 6. The zero-order chi connectivity index (χ0) is 24.6. The fraction of sp³-hybridized carbons (Fsp3) is 0.630. The van der Waals surface area contributed by atoms with E-state index in [1.54, 1.807) is 15.5 Å². The van der Waals surface area contributed by atoms with Crippen LogP contribution in [0.25, 0.3) is 5.65 Å². The maximum atomic E-state index is 13.2. The smallest absolute Gasteiger partial charge is 0.274 e. The molecule has 0 aromatic carbocycles. The molecule has 35 heavy (non-hydrogen) atoms. The summed E-state index contributed by atoms with van der Waals surface area (Å²) in [6.45, 7) is 3.26. The van der Waals surface area contributed by atoms with Gasteiger partial charge in [0, 0.05) is 31.6 Å². The third kappa shape index (κ3) is 4.93. The van der Waals surface area contributed by atoms with Crippen molar-refractivity contribution >= 4 is 29.2 Å². The van der Waals surface area contributed by atoms with Gasteiger partial charge in [0.1, 0.15) is 17.2 Å². The van der Waals surface area contributed by atoms with Gasteiger partial charge in [-0.3, -0.25) is 18.8 Å². The highest BCUT2D eigenvalue weighted by Crippen LogP contribution is 2.53. The number of primary amides is 1. The number of amides is 3. The van der Waals surface area contributed by atoms with Gasteiger partial charge in [-0.25, -0.2) is 4.98 Å². The van der Waals surface area contributed by atoms with Crippen molar-refractivity contribution in [3.8, 4) is 0 Å². The molecule has 2 bridgehead atoms. The highest BCUT2D eigenvalue weighted by molar-refractivity contribution is 5.94. The number of anilines is 1. The third-order valence-electron chi connectivity index (χ3n) is 8.71. The number of fused-ring (bicyclic) bond motifs is 3. The molecule has 3 fully saturated rings. The van der Waals surface area contributed by atoms with Gasteiger partial charge >= 0.3 is 0 Å². The summed E-state index contributed by atoms with van der Waals surface area (Å²) in [6.07, 6.45) is 12.0. The van der Waals surface area contributed by atoms with Gasteiger partial charge < -0.3 is 16.0 Å². The second-order valence-corrected chi connectivity index (χ2v) is 11.1. The van der Waals surface area contributed by atoms with Crippen molar-refractivity contribution in [3.63, 3.8) is 0 Å². The Kier molecular flexibility index (Phi) is 6.55. The van der Waals surface area contributed by atoms with Gasteiger partial charge in [0.15, 0.2) is 0 Å². The average molecular weight is 480 g/mol. The van der Waals surface area contributed by atoms with Crippen molar-refractivity contribution in [2.24, 2.45) is 28.9 Å². The van der Waals surface area contributed by atoms with Crippen molar-refractivity contribution in [1.29, 1.82) is 0 Å². The van der Waals surface area contributed by atoms with Crippen LogP contribution in [0.5, 0.6) is 0 Å². The molecule has 0 radical (unpaired) electrons. The van der Waals surface area contributed by atoms with E-state index in [9.17, 15) is 14.4 Å². The first-order valence-electron chi connectivity index (χ1n) is 13.2. The summed E-state index contributed by atoms with van der Waals surface area (Å²) in [7, 11) is 0. The second kappa shape index (κ2) is 9.63. The number of likely N-dealkylation sites (tertiary alicyclic amines) is 1. The molecular weight excluding hydrogens is 442 g/mol. The van der Waals surface area contributed by atoms with Crippen LogP contribution in [-0.4, -0.2) is 45.1 Å². The molecular formula is C27H37N5O3. The number of aromatic nitrogens is 2. The topological polar surface area (TPSA) is 110 Å². The zero-order valence-corrected chi connectivity index (χ0v) is 20.7. The van der Waals surface area contributed by atoms with E-state index < -0.39 is 0 Å². The maximum Gasteiger partial charge on any atom is 0.274 e. The van der Waals surface area contributed by atoms with Crippen molar-refractivity contribution in [2.75, 3.05) is 18.4 Å². The number of carbonyl (C=O) groups is 3. The van der Waals surface area contributed by atoms with Gasteiger partial charge in [-0.05, 0) is 67.9 Å². The molecule has 8 heteroatoms. The van der Waals surface area contributed by atoms with Gasteiger partial charge in [0.25, 0.3) is 5.91 Å². The summed E-state index contributed by atoms with van der Waals surface area (Å²) < 4.78 is 1.79. The first-order valence-corrected chi connectivity index (χ1v) is 13.2. The molecule has 3 aliphatic rings. The monoisotopic (exact) mass is 479 g/mol. The Morgan fingerprint density at radius 1 is 1.17 bits per heavy atom. The lowest BCUT2D eigenvalue weighted by Gasteiger charge is -2.48. The number of nitrogens with two attached hydrogens (primary N) is 1. The first-order chi connectivity index (χ1) is 16.9. The summed E-state index contributed by atoms with van der Waals surface area (Å²) in [4.78, 5) is 44.0. The van der Waals surface area contributed by atoms with E-state index in [0.717, 1.165) is 24.7 Å². The Morgan fingerprint density at radius 2 is 1.97 bits per heavy atom. The Balaban J connectivity index is 1.28. The molecule has 2 aromatic rings. The molecule has 1 aliphatic heterocycles. The Bertz CT molecular complexity index is 1120. The van der Waals surface area contributed by atoms with Crippen LogP contribution in [0.2, 0.25) is 0 Å². The predicted molar refractivity (Wildman–Crippen MR) is 134 cm³/mol. The third-order valence-corrected chi connectivity index (χ3v) is 8.71. The molecule has 2 aliphatic carbocycles. The molecule has 3 unspecified atom stereocenters. The molecule has 3 N–H and O–H groups in total. The first kappa shape index (κ1) is 23.8. The molecule has 3 heterocycles. The lowest BCUT2D eigenvalue weighted by atomic mass is 9.57. The Morgan fingerprint density at radius 3 is 2.71 bits per heavy atom. The number of nitrogens with zero attached hydrogens (tertiary/aromatic N) is 3.